The molecular weight excluding hydrogens is 108 g/mol. The van der Waals surface area contributed by atoms with Crippen LogP contribution in [0, 0.1) is 0 Å². The van der Waals surface area contributed by atoms with E-state index in [1.807, 2.05) is 6.92 Å². The van der Waals surface area contributed by atoms with Gasteiger partial charge in [-0.15, -0.1) is 26.3 Å². The standard InChI is InChI=1S/C5H10.2C2H4/c1-4-5(2)3;2*1-2/h4H,1-3H3;2*1-2H2. The van der Waals surface area contributed by atoms with Gasteiger partial charge in [-0.05, 0) is 20.8 Å². The third-order valence-corrected chi connectivity index (χ3v) is 0.577. The fraction of sp³-hybridized carbons (Fsp3) is 0.333. The van der Waals surface area contributed by atoms with Crippen molar-refractivity contribution in [3.05, 3.63) is 38.0 Å². The minimum atomic E-state index is 1.38. The van der Waals surface area contributed by atoms with Crippen molar-refractivity contribution in [2.75, 3.05) is 0 Å². The van der Waals surface area contributed by atoms with Crippen molar-refractivity contribution in [1.29, 1.82) is 0 Å². The first-order chi connectivity index (χ1) is 4.27. The molecule has 0 rings (SSSR count). The third-order valence-electron chi connectivity index (χ3n) is 0.577. The van der Waals surface area contributed by atoms with Gasteiger partial charge in [-0.2, -0.15) is 0 Å². The van der Waals surface area contributed by atoms with Crippen molar-refractivity contribution in [2.45, 2.75) is 20.8 Å². The smallest absolute Gasteiger partial charge is 0.0442 e. The van der Waals surface area contributed by atoms with E-state index in [0.29, 0.717) is 0 Å². The summed E-state index contributed by atoms with van der Waals surface area (Å²) in [6.07, 6.45) is 2.08. The predicted octanol–water partition coefficient (Wildman–Crippen LogP) is 3.58. The van der Waals surface area contributed by atoms with E-state index in [0.717, 1.165) is 0 Å². The molecule has 0 atom stereocenters. The van der Waals surface area contributed by atoms with E-state index in [4.69, 9.17) is 0 Å². The molecule has 0 bridgehead atoms. The van der Waals surface area contributed by atoms with Crippen LogP contribution in [0.2, 0.25) is 0 Å². The molecule has 0 amide bonds. The first-order valence-electron chi connectivity index (χ1n) is 2.87. The van der Waals surface area contributed by atoms with Crippen molar-refractivity contribution < 1.29 is 0 Å². The molecule has 0 saturated heterocycles. The maximum absolute atomic E-state index is 3.00. The first kappa shape index (κ1) is 15.7. The molecule has 0 heterocycles. The van der Waals surface area contributed by atoms with Crippen LogP contribution in [0.1, 0.15) is 20.8 Å². The summed E-state index contributed by atoms with van der Waals surface area (Å²) in [5.41, 5.74) is 1.38. The van der Waals surface area contributed by atoms with E-state index in [1.54, 1.807) is 0 Å². The minimum absolute atomic E-state index is 1.38. The summed E-state index contributed by atoms with van der Waals surface area (Å²) in [6.45, 7) is 18.2. The van der Waals surface area contributed by atoms with Crippen molar-refractivity contribution in [2.24, 2.45) is 0 Å². The van der Waals surface area contributed by atoms with Gasteiger partial charge in [0, 0.05) is 0 Å². The second-order valence-electron chi connectivity index (χ2n) is 1.37. The third kappa shape index (κ3) is 132. The molecule has 0 heteroatoms. The van der Waals surface area contributed by atoms with Gasteiger partial charge in [0.2, 0.25) is 0 Å². The molecule has 0 aliphatic heterocycles. The van der Waals surface area contributed by atoms with Gasteiger partial charge >= 0.3 is 0 Å². The number of rotatable bonds is 0. The number of hydrogen-bond acceptors (Lipinski definition) is 0. The van der Waals surface area contributed by atoms with Gasteiger partial charge in [-0.1, -0.05) is 11.6 Å². The van der Waals surface area contributed by atoms with E-state index in [1.165, 1.54) is 5.57 Å². The average Bonchev–Trinajstić information content (AvgIpc) is 1.97. The zero-order chi connectivity index (χ0) is 8.28. The molecule has 9 heavy (non-hydrogen) atoms. The van der Waals surface area contributed by atoms with Gasteiger partial charge in [-0.25, -0.2) is 0 Å². The van der Waals surface area contributed by atoms with Gasteiger partial charge in [-0.3, -0.25) is 0 Å². The predicted molar refractivity (Wildman–Crippen MR) is 47.6 cm³/mol. The Morgan fingerprint density at radius 1 is 1.00 bits per heavy atom. The van der Waals surface area contributed by atoms with E-state index < -0.39 is 0 Å². The van der Waals surface area contributed by atoms with Gasteiger partial charge in [0.05, 0.1) is 0 Å². The molecule has 0 aliphatic carbocycles. The summed E-state index contributed by atoms with van der Waals surface area (Å²) >= 11 is 0. The van der Waals surface area contributed by atoms with Gasteiger partial charge in [0.15, 0.2) is 0 Å². The SMILES string of the molecule is C=C.C=C.CC=C(C)C. The highest BCUT2D eigenvalue weighted by Crippen LogP contribution is 1.82. The lowest BCUT2D eigenvalue weighted by Crippen LogP contribution is -1.52. The topological polar surface area (TPSA) is 0 Å². The fourth-order valence-electron chi connectivity index (χ4n) is 0. The zero-order valence-electron chi connectivity index (χ0n) is 6.91. The monoisotopic (exact) mass is 126 g/mol. The fourth-order valence-corrected chi connectivity index (χ4v) is 0. The Hall–Kier alpha value is -0.780. The zero-order valence-corrected chi connectivity index (χ0v) is 6.91. The molecule has 0 N–H and O–H groups in total. The summed E-state index contributed by atoms with van der Waals surface area (Å²) in [4.78, 5) is 0. The minimum Gasteiger partial charge on any atom is -0.106 e. The lowest BCUT2D eigenvalue weighted by molar-refractivity contribution is 1.36. The van der Waals surface area contributed by atoms with Crippen LogP contribution in [-0.4, -0.2) is 0 Å². The Balaban J connectivity index is -0.0000000771. The van der Waals surface area contributed by atoms with Crippen LogP contribution in [0.15, 0.2) is 38.0 Å². The lowest BCUT2D eigenvalue weighted by atomic mass is 10.3. The first-order valence-corrected chi connectivity index (χ1v) is 2.87. The Morgan fingerprint density at radius 2 is 1.11 bits per heavy atom. The number of hydrogen-bond donors (Lipinski definition) is 0. The Labute approximate surface area is 59.6 Å². The van der Waals surface area contributed by atoms with E-state index in [2.05, 4.69) is 46.2 Å². The highest BCUT2D eigenvalue weighted by atomic mass is 13.7. The van der Waals surface area contributed by atoms with Crippen molar-refractivity contribution >= 4 is 0 Å². The van der Waals surface area contributed by atoms with E-state index >= 15 is 0 Å². The maximum atomic E-state index is 3.00. The molecule has 0 radical (unpaired) electrons. The summed E-state index contributed by atoms with van der Waals surface area (Å²) < 4.78 is 0. The second-order valence-corrected chi connectivity index (χ2v) is 1.37. The molecule has 0 unspecified atom stereocenters. The summed E-state index contributed by atoms with van der Waals surface area (Å²) in [7, 11) is 0. The molecule has 0 fully saturated rings. The van der Waals surface area contributed by atoms with Crippen molar-refractivity contribution in [3.63, 3.8) is 0 Å². The molecule has 0 nitrogen and oxygen atoms in total. The second kappa shape index (κ2) is 26.9. The molecule has 0 saturated carbocycles. The van der Waals surface area contributed by atoms with Gasteiger partial charge in [0.1, 0.15) is 0 Å². The van der Waals surface area contributed by atoms with E-state index in [-0.39, 0.29) is 0 Å². The van der Waals surface area contributed by atoms with Crippen molar-refractivity contribution in [1.82, 2.24) is 0 Å². The number of allylic oxidation sites excluding steroid dienone is 2. The van der Waals surface area contributed by atoms with Gasteiger partial charge < -0.3 is 0 Å². The van der Waals surface area contributed by atoms with Crippen molar-refractivity contribution in [3.8, 4) is 0 Å². The quantitative estimate of drug-likeness (QED) is 0.435. The van der Waals surface area contributed by atoms with Crippen LogP contribution >= 0.6 is 0 Å². The van der Waals surface area contributed by atoms with Crippen LogP contribution in [0.25, 0.3) is 0 Å². The molecular formula is C9H18. The van der Waals surface area contributed by atoms with Crippen LogP contribution in [0.4, 0.5) is 0 Å². The van der Waals surface area contributed by atoms with Crippen LogP contribution in [0.3, 0.4) is 0 Å². The van der Waals surface area contributed by atoms with E-state index in [9.17, 15) is 0 Å². The summed E-state index contributed by atoms with van der Waals surface area (Å²) in [5, 5.41) is 0. The van der Waals surface area contributed by atoms with Crippen LogP contribution in [0.5, 0.6) is 0 Å². The van der Waals surface area contributed by atoms with Crippen LogP contribution < -0.4 is 0 Å². The normalized spacial score (nSPS) is 4.78. The summed E-state index contributed by atoms with van der Waals surface area (Å²) in [6, 6.07) is 0. The highest BCUT2D eigenvalue weighted by Gasteiger charge is 1.60. The largest absolute Gasteiger partial charge is 0.106 e. The molecule has 0 aromatic heterocycles. The Morgan fingerprint density at radius 3 is 1.11 bits per heavy atom. The lowest BCUT2D eigenvalue weighted by Gasteiger charge is -1.74. The van der Waals surface area contributed by atoms with Gasteiger partial charge in [0.25, 0.3) is 0 Å². The Kier molecular flexibility index (Phi) is 47.1. The maximum Gasteiger partial charge on any atom is -0.0442 e. The molecule has 54 valence electrons. The summed E-state index contributed by atoms with van der Waals surface area (Å²) in [5.74, 6) is 0. The Bertz CT molecular complexity index is 54.4. The molecule has 0 spiro atoms. The highest BCUT2D eigenvalue weighted by molar-refractivity contribution is 4.88. The average molecular weight is 126 g/mol. The molecule has 0 aromatic rings. The molecule has 0 aliphatic rings. The van der Waals surface area contributed by atoms with Crippen LogP contribution in [-0.2, 0) is 0 Å². The molecule has 0 aromatic carbocycles.